The minimum absolute atomic E-state index is 0.00693. The van der Waals surface area contributed by atoms with Gasteiger partial charge < -0.3 is 10.1 Å². The number of non-ortho nitro benzene ring substituents is 1. The first-order chi connectivity index (χ1) is 9.15. The molecular formula is C13H10N2O3S. The van der Waals surface area contributed by atoms with Crippen LogP contribution in [0.1, 0.15) is 0 Å². The van der Waals surface area contributed by atoms with E-state index in [4.69, 9.17) is 17.0 Å². The van der Waals surface area contributed by atoms with Crippen molar-refractivity contribution in [3.8, 4) is 5.75 Å². The third kappa shape index (κ3) is 3.75. The highest BCUT2D eigenvalue weighted by Gasteiger charge is 2.07. The lowest BCUT2D eigenvalue weighted by atomic mass is 10.3. The fourth-order valence-electron chi connectivity index (χ4n) is 1.44. The predicted molar refractivity (Wildman–Crippen MR) is 76.4 cm³/mol. The number of hydrogen-bond donors (Lipinski definition) is 1. The zero-order valence-electron chi connectivity index (χ0n) is 9.78. The normalized spacial score (nSPS) is 9.68. The molecule has 6 heteroatoms. The van der Waals surface area contributed by atoms with Crippen LogP contribution in [0.25, 0.3) is 0 Å². The van der Waals surface area contributed by atoms with Crippen molar-refractivity contribution in [3.05, 3.63) is 64.7 Å². The molecule has 1 N–H and O–H groups in total. The summed E-state index contributed by atoms with van der Waals surface area (Å²) in [7, 11) is 0. The van der Waals surface area contributed by atoms with Gasteiger partial charge in [-0.25, -0.2) is 0 Å². The van der Waals surface area contributed by atoms with Gasteiger partial charge in [0.2, 0.25) is 0 Å². The molecule has 0 saturated heterocycles. The van der Waals surface area contributed by atoms with Gasteiger partial charge in [0.15, 0.2) is 0 Å². The van der Waals surface area contributed by atoms with E-state index in [0.29, 0.717) is 11.4 Å². The van der Waals surface area contributed by atoms with E-state index in [0.717, 1.165) is 0 Å². The van der Waals surface area contributed by atoms with Crippen LogP contribution < -0.4 is 10.1 Å². The van der Waals surface area contributed by atoms with Crippen molar-refractivity contribution in [2.45, 2.75) is 0 Å². The predicted octanol–water partition coefficient (Wildman–Crippen LogP) is 3.37. The van der Waals surface area contributed by atoms with Crippen LogP contribution in [0.4, 0.5) is 11.4 Å². The monoisotopic (exact) mass is 274 g/mol. The molecule has 0 aromatic heterocycles. The molecule has 5 nitrogen and oxygen atoms in total. The van der Waals surface area contributed by atoms with Gasteiger partial charge in [0.25, 0.3) is 10.9 Å². The molecule has 2 rings (SSSR count). The number of hydrogen-bond acceptors (Lipinski definition) is 4. The van der Waals surface area contributed by atoms with Gasteiger partial charge >= 0.3 is 0 Å². The summed E-state index contributed by atoms with van der Waals surface area (Å²) in [5.74, 6) is 0.602. The Morgan fingerprint density at radius 3 is 2.58 bits per heavy atom. The second-order valence-electron chi connectivity index (χ2n) is 3.64. The Morgan fingerprint density at radius 2 is 1.89 bits per heavy atom. The molecule has 19 heavy (non-hydrogen) atoms. The van der Waals surface area contributed by atoms with Crippen molar-refractivity contribution in [3.63, 3.8) is 0 Å². The molecule has 0 amide bonds. The van der Waals surface area contributed by atoms with Crippen molar-refractivity contribution >= 4 is 28.8 Å². The molecule has 0 unspecified atom stereocenters. The van der Waals surface area contributed by atoms with E-state index in [2.05, 4.69) is 5.32 Å². The molecule has 96 valence electrons. The molecule has 0 bridgehead atoms. The number of anilines is 1. The highest BCUT2D eigenvalue weighted by Crippen LogP contribution is 2.17. The molecule has 2 aromatic rings. The van der Waals surface area contributed by atoms with Gasteiger partial charge in [-0.05, 0) is 30.4 Å². The van der Waals surface area contributed by atoms with Crippen molar-refractivity contribution in [1.29, 1.82) is 0 Å². The number of para-hydroxylation sites is 1. The second kappa shape index (κ2) is 5.92. The number of rotatable bonds is 3. The van der Waals surface area contributed by atoms with Gasteiger partial charge in [0.1, 0.15) is 5.75 Å². The fourth-order valence-corrected chi connectivity index (χ4v) is 1.65. The summed E-state index contributed by atoms with van der Waals surface area (Å²) in [5.41, 5.74) is 0.502. The van der Waals surface area contributed by atoms with Crippen LogP contribution in [0.2, 0.25) is 0 Å². The molecule has 0 fully saturated rings. The Labute approximate surface area is 115 Å². The SMILES string of the molecule is O=[N+]([O-])c1cccc(NC(=S)Oc2ccccc2)c1. The number of ether oxygens (including phenoxy) is 1. The Kier molecular flexibility index (Phi) is 4.04. The van der Waals surface area contributed by atoms with E-state index in [1.807, 2.05) is 18.2 Å². The van der Waals surface area contributed by atoms with Crippen LogP contribution in [0.15, 0.2) is 54.6 Å². The Balaban J connectivity index is 2.03. The second-order valence-corrected chi connectivity index (χ2v) is 4.01. The number of nitro groups is 1. The van der Waals surface area contributed by atoms with E-state index >= 15 is 0 Å². The lowest BCUT2D eigenvalue weighted by Crippen LogP contribution is -2.16. The maximum absolute atomic E-state index is 10.6. The van der Waals surface area contributed by atoms with Crippen molar-refractivity contribution in [1.82, 2.24) is 0 Å². The molecule has 0 atom stereocenters. The van der Waals surface area contributed by atoms with Gasteiger partial charge in [0, 0.05) is 17.8 Å². The summed E-state index contributed by atoms with van der Waals surface area (Å²) < 4.78 is 5.37. The summed E-state index contributed by atoms with van der Waals surface area (Å²) in [5, 5.41) is 13.6. The van der Waals surface area contributed by atoms with Crippen LogP contribution >= 0.6 is 12.2 Å². The number of nitrogens with one attached hydrogen (secondary N) is 1. The zero-order valence-corrected chi connectivity index (χ0v) is 10.6. The third-order valence-electron chi connectivity index (χ3n) is 2.26. The van der Waals surface area contributed by atoms with Crippen LogP contribution in [0, 0.1) is 10.1 Å². The van der Waals surface area contributed by atoms with E-state index in [9.17, 15) is 10.1 Å². The third-order valence-corrected chi connectivity index (χ3v) is 2.44. The Hall–Kier alpha value is -2.47. The number of benzene rings is 2. The molecule has 2 aromatic carbocycles. The smallest absolute Gasteiger partial charge is 0.271 e. The zero-order chi connectivity index (χ0) is 13.7. The highest BCUT2D eigenvalue weighted by atomic mass is 32.1. The minimum Gasteiger partial charge on any atom is -0.432 e. The van der Waals surface area contributed by atoms with Crippen molar-refractivity contribution in [2.75, 3.05) is 5.32 Å². The highest BCUT2D eigenvalue weighted by molar-refractivity contribution is 7.80. The van der Waals surface area contributed by atoms with E-state index in [1.165, 1.54) is 12.1 Å². The molecule has 0 aliphatic rings. The first-order valence-corrected chi connectivity index (χ1v) is 5.84. The number of nitrogens with zero attached hydrogens (tertiary/aromatic N) is 1. The lowest BCUT2D eigenvalue weighted by Gasteiger charge is -2.08. The molecule has 0 aliphatic carbocycles. The Morgan fingerprint density at radius 1 is 1.16 bits per heavy atom. The number of thiocarbonyl (C=S) groups is 1. The van der Waals surface area contributed by atoms with Gasteiger partial charge in [-0.15, -0.1) is 0 Å². The van der Waals surface area contributed by atoms with Gasteiger partial charge in [0.05, 0.1) is 4.92 Å². The summed E-state index contributed by atoms with van der Waals surface area (Å²) in [6, 6.07) is 15.1. The maximum Gasteiger partial charge on any atom is 0.271 e. The van der Waals surface area contributed by atoms with E-state index in [1.54, 1.807) is 24.3 Å². The first-order valence-electron chi connectivity index (χ1n) is 5.43. The van der Waals surface area contributed by atoms with Crippen LogP contribution in [-0.2, 0) is 0 Å². The summed E-state index contributed by atoms with van der Waals surface area (Å²) >= 11 is 5.02. The molecule has 0 aliphatic heterocycles. The lowest BCUT2D eigenvalue weighted by molar-refractivity contribution is -0.384. The topological polar surface area (TPSA) is 64.4 Å². The molecule has 0 saturated carbocycles. The summed E-state index contributed by atoms with van der Waals surface area (Å²) in [6.07, 6.45) is 0. The van der Waals surface area contributed by atoms with Crippen LogP contribution in [0.3, 0.4) is 0 Å². The number of nitro benzene ring substituents is 1. The maximum atomic E-state index is 10.6. The Bertz CT molecular complexity index is 602. The fraction of sp³-hybridized carbons (Fsp3) is 0. The van der Waals surface area contributed by atoms with Crippen molar-refractivity contribution in [2.24, 2.45) is 0 Å². The quantitative estimate of drug-likeness (QED) is 0.528. The van der Waals surface area contributed by atoms with Gasteiger partial charge in [-0.2, -0.15) is 0 Å². The largest absolute Gasteiger partial charge is 0.432 e. The average molecular weight is 274 g/mol. The van der Waals surface area contributed by atoms with Crippen LogP contribution in [-0.4, -0.2) is 10.1 Å². The van der Waals surface area contributed by atoms with Crippen molar-refractivity contribution < 1.29 is 9.66 Å². The first kappa shape index (κ1) is 13.0. The standard InChI is InChI=1S/C13H10N2O3S/c16-15(17)11-6-4-5-10(9-11)14-13(19)18-12-7-2-1-3-8-12/h1-9H,(H,14,19). The summed E-state index contributed by atoms with van der Waals surface area (Å²) in [6.45, 7) is 0. The average Bonchev–Trinajstić information content (AvgIpc) is 2.40. The molecule has 0 radical (unpaired) electrons. The minimum atomic E-state index is -0.466. The van der Waals surface area contributed by atoms with E-state index in [-0.39, 0.29) is 10.9 Å². The summed E-state index contributed by atoms with van der Waals surface area (Å²) in [4.78, 5) is 10.2. The van der Waals surface area contributed by atoms with Crippen LogP contribution in [0.5, 0.6) is 5.75 Å². The molecular weight excluding hydrogens is 264 g/mol. The van der Waals surface area contributed by atoms with Gasteiger partial charge in [-0.1, -0.05) is 24.3 Å². The molecule has 0 heterocycles. The van der Waals surface area contributed by atoms with Gasteiger partial charge in [-0.3, -0.25) is 10.1 Å². The van der Waals surface area contributed by atoms with E-state index < -0.39 is 4.92 Å². The molecule has 0 spiro atoms.